The Morgan fingerprint density at radius 1 is 1.46 bits per heavy atom. The van der Waals surface area contributed by atoms with Gasteiger partial charge in [-0.25, -0.2) is 4.39 Å². The molecular formula is C11H16FP. The molecule has 1 aromatic carbocycles. The monoisotopic (exact) mass is 198 g/mol. The predicted octanol–water partition coefficient (Wildman–Crippen LogP) is 3.23. The van der Waals surface area contributed by atoms with Crippen molar-refractivity contribution in [3.05, 3.63) is 29.6 Å². The second-order valence-corrected chi connectivity index (χ2v) is 4.08. The summed E-state index contributed by atoms with van der Waals surface area (Å²) in [5, 5.41) is 1.11. The van der Waals surface area contributed by atoms with Crippen molar-refractivity contribution in [3.63, 3.8) is 0 Å². The quantitative estimate of drug-likeness (QED) is 0.654. The fourth-order valence-electron chi connectivity index (χ4n) is 1.56. The van der Waals surface area contributed by atoms with Crippen molar-refractivity contribution in [2.75, 3.05) is 0 Å². The molecule has 2 unspecified atom stereocenters. The van der Waals surface area contributed by atoms with E-state index >= 15 is 0 Å². The van der Waals surface area contributed by atoms with Crippen LogP contribution in [-0.2, 0) is 0 Å². The van der Waals surface area contributed by atoms with Crippen molar-refractivity contribution >= 4 is 14.5 Å². The van der Waals surface area contributed by atoms with Crippen LogP contribution in [0, 0.1) is 5.82 Å². The lowest BCUT2D eigenvalue weighted by atomic mass is 9.96. The first-order chi connectivity index (χ1) is 6.15. The largest absolute Gasteiger partial charge is 0.207 e. The summed E-state index contributed by atoms with van der Waals surface area (Å²) in [4.78, 5) is 0. The van der Waals surface area contributed by atoms with Crippen LogP contribution in [0.25, 0.3) is 0 Å². The van der Waals surface area contributed by atoms with Crippen molar-refractivity contribution < 1.29 is 4.39 Å². The summed E-state index contributed by atoms with van der Waals surface area (Å²) >= 11 is 0. The van der Waals surface area contributed by atoms with Crippen molar-refractivity contribution in [1.82, 2.24) is 0 Å². The first-order valence-corrected chi connectivity index (χ1v) is 5.27. The highest BCUT2D eigenvalue weighted by Crippen LogP contribution is 2.20. The fraction of sp³-hybridized carbons (Fsp3) is 0.455. The molecule has 0 aliphatic heterocycles. The molecular weight excluding hydrogens is 182 g/mol. The van der Waals surface area contributed by atoms with E-state index in [4.69, 9.17) is 0 Å². The highest BCUT2D eigenvalue weighted by Gasteiger charge is 2.08. The lowest BCUT2D eigenvalue weighted by Gasteiger charge is -2.13. The summed E-state index contributed by atoms with van der Waals surface area (Å²) < 4.78 is 12.9. The average Bonchev–Trinajstić information content (AvgIpc) is 2.09. The molecule has 0 nitrogen and oxygen atoms in total. The van der Waals surface area contributed by atoms with E-state index in [1.54, 1.807) is 6.07 Å². The first-order valence-electron chi connectivity index (χ1n) is 4.70. The van der Waals surface area contributed by atoms with Gasteiger partial charge in [0, 0.05) is 0 Å². The zero-order chi connectivity index (χ0) is 9.84. The van der Waals surface area contributed by atoms with Crippen LogP contribution in [0.1, 0.15) is 38.2 Å². The second kappa shape index (κ2) is 4.72. The Kier molecular flexibility index (Phi) is 3.87. The molecule has 0 aliphatic carbocycles. The Labute approximate surface area is 81.8 Å². The van der Waals surface area contributed by atoms with Crippen molar-refractivity contribution in [2.24, 2.45) is 0 Å². The van der Waals surface area contributed by atoms with Gasteiger partial charge < -0.3 is 0 Å². The number of hydrogen-bond donors (Lipinski definition) is 0. The zero-order valence-electron chi connectivity index (χ0n) is 8.18. The van der Waals surface area contributed by atoms with E-state index < -0.39 is 0 Å². The molecule has 0 amide bonds. The number of halogens is 1. The van der Waals surface area contributed by atoms with Gasteiger partial charge in [-0.05, 0) is 35.3 Å². The van der Waals surface area contributed by atoms with Crippen LogP contribution < -0.4 is 5.30 Å². The van der Waals surface area contributed by atoms with Gasteiger partial charge in [0.15, 0.2) is 0 Å². The summed E-state index contributed by atoms with van der Waals surface area (Å²) in [6.45, 7) is 4.30. The summed E-state index contributed by atoms with van der Waals surface area (Å²) in [5.41, 5.74) is 1.12. The molecule has 2 heteroatoms. The van der Waals surface area contributed by atoms with E-state index in [1.807, 2.05) is 6.07 Å². The lowest BCUT2D eigenvalue weighted by Crippen LogP contribution is -2.06. The van der Waals surface area contributed by atoms with Gasteiger partial charge in [0.05, 0.1) is 0 Å². The molecule has 0 radical (unpaired) electrons. The summed E-state index contributed by atoms with van der Waals surface area (Å²) in [6.07, 6.45) is 2.26. The van der Waals surface area contributed by atoms with Gasteiger partial charge in [-0.3, -0.25) is 0 Å². The maximum absolute atomic E-state index is 12.9. The molecule has 13 heavy (non-hydrogen) atoms. The summed E-state index contributed by atoms with van der Waals surface area (Å²) in [5.74, 6) is 0.317. The van der Waals surface area contributed by atoms with E-state index in [1.165, 1.54) is 6.07 Å². The number of benzene rings is 1. The molecule has 0 fully saturated rings. The fourth-order valence-corrected chi connectivity index (χ4v) is 2.02. The lowest BCUT2D eigenvalue weighted by molar-refractivity contribution is 0.615. The van der Waals surface area contributed by atoms with Crippen molar-refractivity contribution in [3.8, 4) is 0 Å². The molecule has 72 valence electrons. The minimum atomic E-state index is -0.135. The summed E-state index contributed by atoms with van der Waals surface area (Å²) in [6, 6.07) is 4.97. The Hall–Kier alpha value is -0.420. The molecule has 1 aromatic rings. The van der Waals surface area contributed by atoms with E-state index in [-0.39, 0.29) is 5.82 Å². The topological polar surface area (TPSA) is 0 Å². The maximum atomic E-state index is 12.9. The molecule has 0 bridgehead atoms. The zero-order valence-corrected chi connectivity index (χ0v) is 9.33. The molecule has 2 atom stereocenters. The minimum Gasteiger partial charge on any atom is -0.207 e. The third-order valence-electron chi connectivity index (χ3n) is 2.30. The molecule has 0 aliphatic rings. The maximum Gasteiger partial charge on any atom is 0.123 e. The van der Waals surface area contributed by atoms with Crippen LogP contribution in [0.3, 0.4) is 0 Å². The molecule has 0 saturated heterocycles. The van der Waals surface area contributed by atoms with E-state index in [0.717, 1.165) is 23.7 Å². The number of hydrogen-bond acceptors (Lipinski definition) is 0. The molecule has 0 saturated carbocycles. The molecule has 1 rings (SSSR count). The third kappa shape index (κ3) is 2.77. The SMILES string of the molecule is CCCC(C)c1cc(F)ccc1P. The molecule has 0 N–H and O–H groups in total. The van der Waals surface area contributed by atoms with E-state index in [9.17, 15) is 4.39 Å². The minimum absolute atomic E-state index is 0.135. The van der Waals surface area contributed by atoms with Gasteiger partial charge >= 0.3 is 0 Å². The average molecular weight is 198 g/mol. The Morgan fingerprint density at radius 2 is 2.15 bits per heavy atom. The standard InChI is InChI=1S/C11H16FP/c1-3-4-8(2)10-7-9(12)5-6-11(10)13/h5-8H,3-4,13H2,1-2H3. The predicted molar refractivity (Wildman–Crippen MR) is 59.1 cm³/mol. The van der Waals surface area contributed by atoms with Gasteiger partial charge in [0.1, 0.15) is 5.82 Å². The Morgan fingerprint density at radius 3 is 2.77 bits per heavy atom. The van der Waals surface area contributed by atoms with Gasteiger partial charge in [0.25, 0.3) is 0 Å². The van der Waals surface area contributed by atoms with Gasteiger partial charge in [-0.2, -0.15) is 0 Å². The van der Waals surface area contributed by atoms with Gasteiger partial charge in [0.2, 0.25) is 0 Å². The van der Waals surface area contributed by atoms with Crippen LogP contribution >= 0.6 is 9.24 Å². The van der Waals surface area contributed by atoms with Gasteiger partial charge in [-0.1, -0.05) is 26.3 Å². The normalized spacial score (nSPS) is 12.9. The second-order valence-electron chi connectivity index (χ2n) is 3.46. The molecule has 0 heterocycles. The first kappa shape index (κ1) is 10.7. The van der Waals surface area contributed by atoms with Crippen molar-refractivity contribution in [2.45, 2.75) is 32.6 Å². The van der Waals surface area contributed by atoms with Crippen LogP contribution in [-0.4, -0.2) is 0 Å². The van der Waals surface area contributed by atoms with E-state index in [2.05, 4.69) is 23.1 Å². The smallest absolute Gasteiger partial charge is 0.123 e. The van der Waals surface area contributed by atoms with Crippen LogP contribution in [0.5, 0.6) is 0 Å². The van der Waals surface area contributed by atoms with Crippen LogP contribution in [0.2, 0.25) is 0 Å². The van der Waals surface area contributed by atoms with Crippen LogP contribution in [0.15, 0.2) is 18.2 Å². The Bertz CT molecular complexity index is 283. The summed E-state index contributed by atoms with van der Waals surface area (Å²) in [7, 11) is 2.66. The van der Waals surface area contributed by atoms with Crippen LogP contribution in [0.4, 0.5) is 4.39 Å². The van der Waals surface area contributed by atoms with E-state index in [0.29, 0.717) is 5.92 Å². The molecule has 0 aromatic heterocycles. The number of rotatable bonds is 3. The highest BCUT2D eigenvalue weighted by molar-refractivity contribution is 7.27. The molecule has 0 spiro atoms. The third-order valence-corrected chi connectivity index (χ3v) is 2.83. The highest BCUT2D eigenvalue weighted by atomic mass is 31.0. The van der Waals surface area contributed by atoms with Crippen molar-refractivity contribution in [1.29, 1.82) is 0 Å². The van der Waals surface area contributed by atoms with Gasteiger partial charge in [-0.15, -0.1) is 9.24 Å². The Balaban J connectivity index is 2.91.